The Morgan fingerprint density at radius 1 is 1.31 bits per heavy atom. The summed E-state index contributed by atoms with van der Waals surface area (Å²) in [6.45, 7) is 5.78. The molecule has 2 aliphatic heterocycles. The Balaban J connectivity index is 1.72. The monoisotopic (exact) mass is 358 g/mol. The van der Waals surface area contributed by atoms with Gasteiger partial charge in [-0.15, -0.1) is 0 Å². The maximum atomic E-state index is 13.0. The van der Waals surface area contributed by atoms with E-state index >= 15 is 0 Å². The number of nitrogens with two attached hydrogens (primary N) is 1. The quantitative estimate of drug-likeness (QED) is 0.643. The SMILES string of the molecule is CC(C)[C@H](N)CNCc1cccc2c1C(=O)N(C1CCC(=O)NC1=O)C2. The van der Waals surface area contributed by atoms with Crippen LogP contribution in [0.5, 0.6) is 0 Å². The zero-order valence-electron chi connectivity index (χ0n) is 15.2. The predicted octanol–water partition coefficient (Wildman–Crippen LogP) is 0.521. The number of hydrogen-bond acceptors (Lipinski definition) is 5. The smallest absolute Gasteiger partial charge is 0.255 e. The third kappa shape index (κ3) is 3.64. The van der Waals surface area contributed by atoms with Crippen molar-refractivity contribution in [3.8, 4) is 0 Å². The molecule has 2 aliphatic rings. The van der Waals surface area contributed by atoms with Crippen molar-refractivity contribution < 1.29 is 14.4 Å². The summed E-state index contributed by atoms with van der Waals surface area (Å²) in [6, 6.07) is 5.26. The number of nitrogens with one attached hydrogen (secondary N) is 2. The molecule has 3 rings (SSSR count). The van der Waals surface area contributed by atoms with Gasteiger partial charge in [-0.3, -0.25) is 19.7 Å². The molecule has 4 N–H and O–H groups in total. The van der Waals surface area contributed by atoms with Crippen LogP contribution in [0, 0.1) is 5.92 Å². The fourth-order valence-electron chi connectivity index (χ4n) is 3.45. The van der Waals surface area contributed by atoms with Gasteiger partial charge in [0.15, 0.2) is 0 Å². The number of rotatable bonds is 6. The highest BCUT2D eigenvalue weighted by molar-refractivity contribution is 6.05. The number of imide groups is 1. The van der Waals surface area contributed by atoms with Gasteiger partial charge in [-0.2, -0.15) is 0 Å². The van der Waals surface area contributed by atoms with E-state index in [0.29, 0.717) is 37.5 Å². The van der Waals surface area contributed by atoms with Crippen LogP contribution in [0.3, 0.4) is 0 Å². The van der Waals surface area contributed by atoms with Crippen LogP contribution in [0.25, 0.3) is 0 Å². The van der Waals surface area contributed by atoms with E-state index in [-0.39, 0.29) is 30.2 Å². The third-order valence-corrected chi connectivity index (χ3v) is 5.19. The van der Waals surface area contributed by atoms with Gasteiger partial charge in [0.1, 0.15) is 6.04 Å². The molecule has 0 bridgehead atoms. The number of carbonyl (C=O) groups is 3. The molecule has 0 aromatic heterocycles. The van der Waals surface area contributed by atoms with Crippen molar-refractivity contribution in [3.63, 3.8) is 0 Å². The van der Waals surface area contributed by atoms with Gasteiger partial charge >= 0.3 is 0 Å². The van der Waals surface area contributed by atoms with Crippen LogP contribution in [0.2, 0.25) is 0 Å². The van der Waals surface area contributed by atoms with Gasteiger partial charge in [0.05, 0.1) is 0 Å². The molecule has 1 fully saturated rings. The molecular weight excluding hydrogens is 332 g/mol. The van der Waals surface area contributed by atoms with E-state index in [0.717, 1.165) is 11.1 Å². The molecule has 140 valence electrons. The maximum absolute atomic E-state index is 13.0. The Morgan fingerprint density at radius 2 is 2.08 bits per heavy atom. The molecule has 0 saturated carbocycles. The van der Waals surface area contributed by atoms with Crippen LogP contribution in [-0.2, 0) is 22.7 Å². The molecule has 26 heavy (non-hydrogen) atoms. The number of amides is 3. The largest absolute Gasteiger partial charge is 0.326 e. The van der Waals surface area contributed by atoms with E-state index in [9.17, 15) is 14.4 Å². The zero-order chi connectivity index (χ0) is 18.8. The van der Waals surface area contributed by atoms with E-state index < -0.39 is 6.04 Å². The Labute approximate surface area is 153 Å². The van der Waals surface area contributed by atoms with Gasteiger partial charge in [0.25, 0.3) is 5.91 Å². The van der Waals surface area contributed by atoms with E-state index in [2.05, 4.69) is 24.5 Å². The van der Waals surface area contributed by atoms with Crippen LogP contribution in [0.4, 0.5) is 0 Å². The number of carbonyl (C=O) groups excluding carboxylic acids is 3. The highest BCUT2D eigenvalue weighted by Crippen LogP contribution is 2.29. The van der Waals surface area contributed by atoms with E-state index in [1.807, 2.05) is 18.2 Å². The lowest BCUT2D eigenvalue weighted by atomic mass is 10.0. The number of nitrogens with zero attached hydrogens (tertiary/aromatic N) is 1. The minimum atomic E-state index is -0.581. The van der Waals surface area contributed by atoms with Gasteiger partial charge in [-0.1, -0.05) is 32.0 Å². The molecule has 2 atom stereocenters. The number of piperidine rings is 1. The van der Waals surface area contributed by atoms with Crippen LogP contribution in [-0.4, -0.2) is 41.2 Å². The lowest BCUT2D eigenvalue weighted by Crippen LogP contribution is -2.52. The Morgan fingerprint density at radius 3 is 2.77 bits per heavy atom. The van der Waals surface area contributed by atoms with Gasteiger partial charge in [-0.05, 0) is 23.5 Å². The van der Waals surface area contributed by atoms with Crippen molar-refractivity contribution in [1.82, 2.24) is 15.5 Å². The average molecular weight is 358 g/mol. The van der Waals surface area contributed by atoms with Crippen molar-refractivity contribution >= 4 is 17.7 Å². The van der Waals surface area contributed by atoms with Gasteiger partial charge in [0.2, 0.25) is 11.8 Å². The number of hydrogen-bond donors (Lipinski definition) is 3. The molecule has 0 spiro atoms. The van der Waals surface area contributed by atoms with Crippen molar-refractivity contribution in [2.24, 2.45) is 11.7 Å². The summed E-state index contributed by atoms with van der Waals surface area (Å²) in [6.07, 6.45) is 0.638. The maximum Gasteiger partial charge on any atom is 0.255 e. The molecule has 1 saturated heterocycles. The van der Waals surface area contributed by atoms with Crippen molar-refractivity contribution in [1.29, 1.82) is 0 Å². The minimum Gasteiger partial charge on any atom is -0.326 e. The second-order valence-electron chi connectivity index (χ2n) is 7.39. The summed E-state index contributed by atoms with van der Waals surface area (Å²) < 4.78 is 0. The standard InChI is InChI=1S/C19H26N4O3/c1-11(2)14(20)9-21-8-12-4-3-5-13-10-23(19(26)17(12)13)15-6-7-16(24)22-18(15)25/h3-5,11,14-15,21H,6-10,20H2,1-2H3,(H,22,24,25)/t14-,15?/m1/s1. The molecule has 1 aromatic rings. The average Bonchev–Trinajstić information content (AvgIpc) is 2.92. The molecule has 0 radical (unpaired) electrons. The molecule has 0 aliphatic carbocycles. The summed E-state index contributed by atoms with van der Waals surface area (Å²) in [5, 5.41) is 5.65. The first-order valence-corrected chi connectivity index (χ1v) is 9.10. The molecule has 1 unspecified atom stereocenters. The highest BCUT2D eigenvalue weighted by atomic mass is 16.2. The van der Waals surface area contributed by atoms with Crippen molar-refractivity contribution in [2.75, 3.05) is 6.54 Å². The normalized spacial score (nSPS) is 21.2. The first-order chi connectivity index (χ1) is 12.4. The molecule has 7 heteroatoms. The van der Waals surface area contributed by atoms with Gasteiger partial charge in [-0.25, -0.2) is 0 Å². The molecule has 3 amide bonds. The molecule has 2 heterocycles. The summed E-state index contributed by atoms with van der Waals surface area (Å²) in [4.78, 5) is 38.0. The first-order valence-electron chi connectivity index (χ1n) is 9.10. The Kier molecular flexibility index (Phi) is 5.38. The van der Waals surface area contributed by atoms with Crippen LogP contribution >= 0.6 is 0 Å². The Hall–Kier alpha value is -2.25. The summed E-state index contributed by atoms with van der Waals surface area (Å²) >= 11 is 0. The van der Waals surface area contributed by atoms with E-state index in [1.165, 1.54) is 0 Å². The first kappa shape index (κ1) is 18.5. The highest BCUT2D eigenvalue weighted by Gasteiger charge is 2.39. The Bertz CT molecular complexity index is 731. The summed E-state index contributed by atoms with van der Waals surface area (Å²) in [5.41, 5.74) is 8.56. The van der Waals surface area contributed by atoms with Crippen molar-refractivity contribution in [2.45, 2.75) is 51.9 Å². The fourth-order valence-corrected chi connectivity index (χ4v) is 3.45. The summed E-state index contributed by atoms with van der Waals surface area (Å²) in [5.74, 6) is -0.416. The predicted molar refractivity (Wildman–Crippen MR) is 97.0 cm³/mol. The minimum absolute atomic E-state index is 0.0578. The van der Waals surface area contributed by atoms with Gasteiger partial charge < -0.3 is 16.0 Å². The molecule has 1 aromatic carbocycles. The number of benzene rings is 1. The van der Waals surface area contributed by atoms with Crippen LogP contribution in [0.1, 0.15) is 48.2 Å². The fraction of sp³-hybridized carbons (Fsp3) is 0.526. The van der Waals surface area contributed by atoms with Crippen LogP contribution < -0.4 is 16.4 Å². The zero-order valence-corrected chi connectivity index (χ0v) is 15.2. The third-order valence-electron chi connectivity index (χ3n) is 5.19. The second-order valence-corrected chi connectivity index (χ2v) is 7.39. The van der Waals surface area contributed by atoms with E-state index in [4.69, 9.17) is 5.73 Å². The molecule has 7 nitrogen and oxygen atoms in total. The van der Waals surface area contributed by atoms with Gasteiger partial charge in [0, 0.05) is 37.7 Å². The molecular formula is C19H26N4O3. The lowest BCUT2D eigenvalue weighted by Gasteiger charge is -2.29. The van der Waals surface area contributed by atoms with Crippen LogP contribution in [0.15, 0.2) is 18.2 Å². The van der Waals surface area contributed by atoms with E-state index in [1.54, 1.807) is 4.90 Å². The summed E-state index contributed by atoms with van der Waals surface area (Å²) in [7, 11) is 0. The van der Waals surface area contributed by atoms with Crippen molar-refractivity contribution in [3.05, 3.63) is 34.9 Å². The lowest BCUT2D eigenvalue weighted by molar-refractivity contribution is -0.136. The second kappa shape index (κ2) is 7.55. The number of fused-ring (bicyclic) bond motifs is 1. The topological polar surface area (TPSA) is 105 Å².